The molecule has 0 spiro atoms. The fraction of sp³-hybridized carbons (Fsp3) is 0.174. The quantitative estimate of drug-likeness (QED) is 0.557. The standard InChI is InChI=1S/C23H21N3O2/c1-15(2)28-18-7-5-17(6-8-18)23(27)22-19-4-3-11-25-21(19)14-20(26-22)16-9-12-24-13-10-16/h3-15,23,27H,1-2H3/t23-/m0/s1. The van der Waals surface area contributed by atoms with E-state index in [4.69, 9.17) is 9.72 Å². The second kappa shape index (κ2) is 7.74. The average molecular weight is 371 g/mol. The van der Waals surface area contributed by atoms with Crippen LogP contribution in [0.15, 0.2) is 73.2 Å². The van der Waals surface area contributed by atoms with Gasteiger partial charge in [0, 0.05) is 29.5 Å². The Morgan fingerprint density at radius 1 is 0.929 bits per heavy atom. The van der Waals surface area contributed by atoms with E-state index in [0.717, 1.165) is 33.5 Å². The van der Waals surface area contributed by atoms with E-state index in [9.17, 15) is 5.11 Å². The summed E-state index contributed by atoms with van der Waals surface area (Å²) in [5.74, 6) is 0.774. The summed E-state index contributed by atoms with van der Waals surface area (Å²) < 4.78 is 5.69. The normalized spacial score (nSPS) is 12.3. The molecule has 28 heavy (non-hydrogen) atoms. The van der Waals surface area contributed by atoms with Gasteiger partial charge < -0.3 is 9.84 Å². The molecular weight excluding hydrogens is 350 g/mol. The molecule has 4 aromatic rings. The van der Waals surface area contributed by atoms with Crippen LogP contribution in [0.25, 0.3) is 22.2 Å². The van der Waals surface area contributed by atoms with Crippen LogP contribution in [-0.2, 0) is 0 Å². The molecule has 0 saturated heterocycles. The molecule has 5 heteroatoms. The molecule has 0 aliphatic heterocycles. The van der Waals surface area contributed by atoms with Crippen LogP contribution in [0.2, 0.25) is 0 Å². The van der Waals surface area contributed by atoms with E-state index in [2.05, 4.69) is 9.97 Å². The minimum Gasteiger partial charge on any atom is -0.491 e. The third-order valence-corrected chi connectivity index (χ3v) is 4.43. The van der Waals surface area contributed by atoms with E-state index in [0.29, 0.717) is 5.69 Å². The number of benzene rings is 1. The number of aromatic nitrogens is 3. The van der Waals surface area contributed by atoms with Crippen molar-refractivity contribution >= 4 is 10.9 Å². The summed E-state index contributed by atoms with van der Waals surface area (Å²) >= 11 is 0. The van der Waals surface area contributed by atoms with E-state index in [-0.39, 0.29) is 6.10 Å². The zero-order valence-electron chi connectivity index (χ0n) is 15.8. The number of pyridine rings is 3. The summed E-state index contributed by atoms with van der Waals surface area (Å²) in [5, 5.41) is 11.9. The molecular formula is C23H21N3O2. The maximum absolute atomic E-state index is 11.1. The Morgan fingerprint density at radius 3 is 2.39 bits per heavy atom. The molecule has 3 heterocycles. The van der Waals surface area contributed by atoms with Crippen LogP contribution >= 0.6 is 0 Å². The van der Waals surface area contributed by atoms with E-state index >= 15 is 0 Å². The van der Waals surface area contributed by atoms with Crippen LogP contribution in [-0.4, -0.2) is 26.2 Å². The summed E-state index contributed by atoms with van der Waals surface area (Å²) in [5.41, 5.74) is 3.80. The van der Waals surface area contributed by atoms with Gasteiger partial charge in [0.15, 0.2) is 0 Å². The summed E-state index contributed by atoms with van der Waals surface area (Å²) in [6.45, 7) is 3.97. The maximum Gasteiger partial charge on any atom is 0.122 e. The van der Waals surface area contributed by atoms with Crippen molar-refractivity contribution in [2.24, 2.45) is 0 Å². The van der Waals surface area contributed by atoms with Crippen molar-refractivity contribution in [2.75, 3.05) is 0 Å². The highest BCUT2D eigenvalue weighted by Crippen LogP contribution is 2.31. The van der Waals surface area contributed by atoms with Crippen LogP contribution in [0.1, 0.15) is 31.2 Å². The van der Waals surface area contributed by atoms with Crippen LogP contribution in [0.5, 0.6) is 5.75 Å². The third-order valence-electron chi connectivity index (χ3n) is 4.43. The fourth-order valence-corrected chi connectivity index (χ4v) is 3.14. The molecule has 140 valence electrons. The fourth-order valence-electron chi connectivity index (χ4n) is 3.14. The Labute approximate surface area is 163 Å². The van der Waals surface area contributed by atoms with E-state index in [1.165, 1.54) is 0 Å². The molecule has 0 aliphatic carbocycles. The number of nitrogens with zero attached hydrogens (tertiary/aromatic N) is 3. The smallest absolute Gasteiger partial charge is 0.122 e. The molecule has 1 aromatic carbocycles. The predicted octanol–water partition coefficient (Wildman–Crippen LogP) is 4.56. The minimum atomic E-state index is -0.874. The van der Waals surface area contributed by atoms with E-state index in [1.54, 1.807) is 18.6 Å². The van der Waals surface area contributed by atoms with Crippen LogP contribution in [0, 0.1) is 0 Å². The first-order valence-corrected chi connectivity index (χ1v) is 9.22. The number of hydrogen-bond acceptors (Lipinski definition) is 5. The molecule has 0 bridgehead atoms. The SMILES string of the molecule is CC(C)Oc1ccc([C@H](O)c2nc(-c3ccncc3)cc3ncccc23)cc1. The van der Waals surface area contributed by atoms with Crippen molar-refractivity contribution in [3.05, 3.63) is 84.4 Å². The Balaban J connectivity index is 1.78. The molecule has 0 fully saturated rings. The van der Waals surface area contributed by atoms with Gasteiger partial charge in [0.2, 0.25) is 0 Å². The molecule has 0 aliphatic rings. The minimum absolute atomic E-state index is 0.101. The first-order chi connectivity index (χ1) is 13.6. The van der Waals surface area contributed by atoms with Gasteiger partial charge in [0.05, 0.1) is 23.0 Å². The zero-order valence-corrected chi connectivity index (χ0v) is 15.8. The van der Waals surface area contributed by atoms with E-state index < -0.39 is 6.10 Å². The largest absolute Gasteiger partial charge is 0.491 e. The first kappa shape index (κ1) is 18.1. The maximum atomic E-state index is 11.1. The molecule has 4 rings (SSSR count). The molecule has 5 nitrogen and oxygen atoms in total. The van der Waals surface area contributed by atoms with Gasteiger partial charge in [-0.15, -0.1) is 0 Å². The van der Waals surface area contributed by atoms with Crippen molar-refractivity contribution in [1.29, 1.82) is 0 Å². The molecule has 0 saturated carbocycles. The summed E-state index contributed by atoms with van der Waals surface area (Å²) in [7, 11) is 0. The lowest BCUT2D eigenvalue weighted by Gasteiger charge is -2.16. The monoisotopic (exact) mass is 371 g/mol. The lowest BCUT2D eigenvalue weighted by atomic mass is 10.0. The number of fused-ring (bicyclic) bond motifs is 1. The first-order valence-electron chi connectivity index (χ1n) is 9.22. The van der Waals surface area contributed by atoms with Gasteiger partial charge in [-0.2, -0.15) is 0 Å². The summed E-state index contributed by atoms with van der Waals surface area (Å²) in [6, 6.07) is 17.0. The third kappa shape index (κ3) is 3.70. The summed E-state index contributed by atoms with van der Waals surface area (Å²) in [6.07, 6.45) is 4.42. The van der Waals surface area contributed by atoms with Crippen LogP contribution in [0.3, 0.4) is 0 Å². The Bertz CT molecular complexity index is 1080. The lowest BCUT2D eigenvalue weighted by Crippen LogP contribution is -2.07. The molecule has 1 atom stereocenters. The van der Waals surface area contributed by atoms with Gasteiger partial charge in [-0.25, -0.2) is 4.98 Å². The summed E-state index contributed by atoms with van der Waals surface area (Å²) in [4.78, 5) is 13.3. The Hall–Kier alpha value is -3.31. The number of rotatable bonds is 5. The van der Waals surface area contributed by atoms with Crippen LogP contribution in [0.4, 0.5) is 0 Å². The van der Waals surface area contributed by atoms with Crippen molar-refractivity contribution in [1.82, 2.24) is 15.0 Å². The van der Waals surface area contributed by atoms with Gasteiger partial charge in [0.1, 0.15) is 11.9 Å². The van der Waals surface area contributed by atoms with Gasteiger partial charge in [0.25, 0.3) is 0 Å². The topological polar surface area (TPSA) is 68.1 Å². The predicted molar refractivity (Wildman–Crippen MR) is 109 cm³/mol. The number of ether oxygens (including phenoxy) is 1. The molecule has 0 amide bonds. The number of hydrogen-bond donors (Lipinski definition) is 1. The lowest BCUT2D eigenvalue weighted by molar-refractivity contribution is 0.216. The van der Waals surface area contributed by atoms with Crippen molar-refractivity contribution in [3.63, 3.8) is 0 Å². The molecule has 0 unspecified atom stereocenters. The van der Waals surface area contributed by atoms with Crippen molar-refractivity contribution < 1.29 is 9.84 Å². The van der Waals surface area contributed by atoms with Gasteiger partial charge in [-0.05, 0) is 61.9 Å². The Kier molecular flexibility index (Phi) is 5.00. The highest BCUT2D eigenvalue weighted by molar-refractivity contribution is 5.85. The van der Waals surface area contributed by atoms with Gasteiger partial charge in [-0.1, -0.05) is 12.1 Å². The highest BCUT2D eigenvalue weighted by atomic mass is 16.5. The van der Waals surface area contributed by atoms with E-state index in [1.807, 2.05) is 68.4 Å². The second-order valence-corrected chi connectivity index (χ2v) is 6.84. The molecule has 1 N–H and O–H groups in total. The highest BCUT2D eigenvalue weighted by Gasteiger charge is 2.18. The van der Waals surface area contributed by atoms with Crippen molar-refractivity contribution in [3.8, 4) is 17.0 Å². The average Bonchev–Trinajstić information content (AvgIpc) is 2.73. The molecule has 0 radical (unpaired) electrons. The number of aliphatic hydroxyl groups excluding tert-OH is 1. The van der Waals surface area contributed by atoms with Gasteiger partial charge in [-0.3, -0.25) is 9.97 Å². The zero-order chi connectivity index (χ0) is 19.5. The second-order valence-electron chi connectivity index (χ2n) is 6.84. The van der Waals surface area contributed by atoms with Gasteiger partial charge >= 0.3 is 0 Å². The van der Waals surface area contributed by atoms with Crippen LogP contribution < -0.4 is 4.74 Å². The Morgan fingerprint density at radius 2 is 1.68 bits per heavy atom. The number of aliphatic hydroxyl groups is 1. The molecule has 3 aromatic heterocycles. The van der Waals surface area contributed by atoms with Crippen molar-refractivity contribution in [2.45, 2.75) is 26.1 Å².